The summed E-state index contributed by atoms with van der Waals surface area (Å²) < 4.78 is 25.4. The van der Waals surface area contributed by atoms with E-state index in [-0.39, 0.29) is 23.1 Å². The minimum atomic E-state index is -1.32. The highest BCUT2D eigenvalue weighted by Crippen LogP contribution is 2.21. The summed E-state index contributed by atoms with van der Waals surface area (Å²) in [4.78, 5) is 9.76. The summed E-state index contributed by atoms with van der Waals surface area (Å²) in [6.07, 6.45) is 0.684. The van der Waals surface area contributed by atoms with E-state index in [1.165, 1.54) is 12.1 Å². The van der Waals surface area contributed by atoms with Crippen molar-refractivity contribution in [2.45, 2.75) is 25.1 Å². The Morgan fingerprint density at radius 1 is 1.56 bits per heavy atom. The van der Waals surface area contributed by atoms with E-state index in [0.29, 0.717) is 6.42 Å². The number of halogens is 1. The van der Waals surface area contributed by atoms with Crippen LogP contribution < -0.4 is 5.73 Å². The van der Waals surface area contributed by atoms with Gasteiger partial charge >= 0.3 is 5.69 Å². The molecule has 100 valence electrons. The molecule has 0 saturated heterocycles. The first-order valence-electron chi connectivity index (χ1n) is 5.48. The Labute approximate surface area is 107 Å². The summed E-state index contributed by atoms with van der Waals surface area (Å²) in [6.45, 7) is 1.87. The van der Waals surface area contributed by atoms with Crippen LogP contribution in [0.25, 0.3) is 0 Å². The van der Waals surface area contributed by atoms with Gasteiger partial charge < -0.3 is 5.73 Å². The van der Waals surface area contributed by atoms with Crippen molar-refractivity contribution >= 4 is 16.5 Å². The van der Waals surface area contributed by atoms with Gasteiger partial charge in [0, 0.05) is 34.2 Å². The molecule has 0 spiro atoms. The van der Waals surface area contributed by atoms with E-state index in [1.807, 2.05) is 6.92 Å². The quantitative estimate of drug-likeness (QED) is 0.632. The molecule has 1 aromatic rings. The Morgan fingerprint density at radius 2 is 2.22 bits per heavy atom. The van der Waals surface area contributed by atoms with Crippen molar-refractivity contribution in [3.05, 3.63) is 39.7 Å². The zero-order valence-electron chi connectivity index (χ0n) is 9.97. The maximum Gasteiger partial charge on any atom is 0.305 e. The molecule has 2 atom stereocenters. The highest BCUT2D eigenvalue weighted by atomic mass is 32.2. The van der Waals surface area contributed by atoms with E-state index in [4.69, 9.17) is 5.73 Å². The molecular weight excluding hydrogens is 259 g/mol. The average molecular weight is 274 g/mol. The lowest BCUT2D eigenvalue weighted by Crippen LogP contribution is -2.26. The largest absolute Gasteiger partial charge is 0.327 e. The monoisotopic (exact) mass is 274 g/mol. The second-order valence-electron chi connectivity index (χ2n) is 3.93. The van der Waals surface area contributed by atoms with Crippen molar-refractivity contribution in [2.75, 3.05) is 5.75 Å². The molecule has 0 fully saturated rings. The van der Waals surface area contributed by atoms with E-state index >= 15 is 0 Å². The lowest BCUT2D eigenvalue weighted by atomic mass is 10.2. The Hall–Kier alpha value is -1.34. The van der Waals surface area contributed by atoms with Gasteiger partial charge in [-0.05, 0) is 6.42 Å². The predicted octanol–water partition coefficient (Wildman–Crippen LogP) is 1.72. The lowest BCUT2D eigenvalue weighted by molar-refractivity contribution is -0.387. The highest BCUT2D eigenvalue weighted by Gasteiger charge is 2.18. The number of hydrogen-bond acceptors (Lipinski definition) is 4. The van der Waals surface area contributed by atoms with Crippen LogP contribution in [0, 0.1) is 15.9 Å². The van der Waals surface area contributed by atoms with Crippen molar-refractivity contribution in [3.8, 4) is 0 Å². The number of nitro groups is 1. The fourth-order valence-electron chi connectivity index (χ4n) is 1.41. The normalized spacial score (nSPS) is 14.2. The number of nitrogens with zero attached hydrogens (tertiary/aromatic N) is 1. The molecule has 0 heterocycles. The van der Waals surface area contributed by atoms with Crippen LogP contribution in [0.5, 0.6) is 0 Å². The van der Waals surface area contributed by atoms with Gasteiger partial charge in [0.05, 0.1) is 10.7 Å². The van der Waals surface area contributed by atoms with Gasteiger partial charge in [-0.1, -0.05) is 19.1 Å². The lowest BCUT2D eigenvalue weighted by Gasteiger charge is -2.08. The zero-order valence-corrected chi connectivity index (χ0v) is 10.8. The smallest absolute Gasteiger partial charge is 0.305 e. The van der Waals surface area contributed by atoms with Crippen LogP contribution >= 0.6 is 0 Å². The van der Waals surface area contributed by atoms with Gasteiger partial charge in [-0.3, -0.25) is 14.3 Å². The molecule has 1 aromatic carbocycles. The number of benzene rings is 1. The van der Waals surface area contributed by atoms with Crippen LogP contribution in [0.2, 0.25) is 0 Å². The standard InChI is InChI=1S/C11H15FN2O3S/c1-2-9(13)7-18(17)6-8-4-3-5-10(11(8)12)14(15)16/h3-5,9H,2,6-7,13H2,1H3. The molecule has 0 aliphatic rings. The molecule has 7 heteroatoms. The summed E-state index contributed by atoms with van der Waals surface area (Å²) in [6, 6.07) is 3.66. The third-order valence-corrected chi connectivity index (χ3v) is 3.93. The van der Waals surface area contributed by atoms with Crippen LogP contribution in [0.3, 0.4) is 0 Å². The molecule has 1 rings (SSSR count). The Balaban J connectivity index is 2.82. The van der Waals surface area contributed by atoms with Crippen molar-refractivity contribution in [2.24, 2.45) is 5.73 Å². The van der Waals surface area contributed by atoms with Gasteiger partial charge in [0.15, 0.2) is 0 Å². The van der Waals surface area contributed by atoms with E-state index in [0.717, 1.165) is 6.07 Å². The van der Waals surface area contributed by atoms with Crippen LogP contribution in [-0.4, -0.2) is 20.9 Å². The third kappa shape index (κ3) is 3.85. The van der Waals surface area contributed by atoms with Crippen LogP contribution in [-0.2, 0) is 16.6 Å². The zero-order chi connectivity index (χ0) is 13.7. The van der Waals surface area contributed by atoms with Crippen molar-refractivity contribution in [1.29, 1.82) is 0 Å². The van der Waals surface area contributed by atoms with Gasteiger partial charge in [0.1, 0.15) is 0 Å². The molecule has 0 aliphatic carbocycles. The van der Waals surface area contributed by atoms with E-state index < -0.39 is 27.2 Å². The molecule has 2 N–H and O–H groups in total. The van der Waals surface area contributed by atoms with Crippen LogP contribution in [0.1, 0.15) is 18.9 Å². The molecule has 0 saturated carbocycles. The Morgan fingerprint density at radius 3 is 2.78 bits per heavy atom. The van der Waals surface area contributed by atoms with Gasteiger partial charge in [0.2, 0.25) is 5.82 Å². The first-order chi connectivity index (χ1) is 8.45. The molecule has 5 nitrogen and oxygen atoms in total. The average Bonchev–Trinajstić information content (AvgIpc) is 2.31. The van der Waals surface area contributed by atoms with E-state index in [1.54, 1.807) is 0 Å². The minimum Gasteiger partial charge on any atom is -0.327 e. The van der Waals surface area contributed by atoms with Crippen molar-refractivity contribution in [1.82, 2.24) is 0 Å². The molecular formula is C11H15FN2O3S. The van der Waals surface area contributed by atoms with Crippen molar-refractivity contribution in [3.63, 3.8) is 0 Å². The van der Waals surface area contributed by atoms with Crippen molar-refractivity contribution < 1.29 is 13.5 Å². The predicted molar refractivity (Wildman–Crippen MR) is 68.0 cm³/mol. The molecule has 0 radical (unpaired) electrons. The first-order valence-corrected chi connectivity index (χ1v) is 6.96. The summed E-state index contributed by atoms with van der Waals surface area (Å²) in [5, 5.41) is 10.6. The summed E-state index contributed by atoms with van der Waals surface area (Å²) in [7, 11) is -1.32. The number of nitro benzene ring substituents is 1. The summed E-state index contributed by atoms with van der Waals surface area (Å²) in [5.74, 6) is -0.708. The molecule has 0 bridgehead atoms. The summed E-state index contributed by atoms with van der Waals surface area (Å²) in [5.41, 5.74) is 5.14. The van der Waals surface area contributed by atoms with Gasteiger partial charge in [-0.15, -0.1) is 0 Å². The Bertz CT molecular complexity index is 468. The SMILES string of the molecule is CCC(N)CS(=O)Cc1cccc([N+](=O)[O-])c1F. The molecule has 2 unspecified atom stereocenters. The summed E-state index contributed by atoms with van der Waals surface area (Å²) >= 11 is 0. The topological polar surface area (TPSA) is 86.2 Å². The second kappa shape index (κ2) is 6.55. The third-order valence-electron chi connectivity index (χ3n) is 2.50. The fraction of sp³-hybridized carbons (Fsp3) is 0.455. The first kappa shape index (κ1) is 14.7. The van der Waals surface area contributed by atoms with E-state index in [9.17, 15) is 18.7 Å². The Kier molecular flexibility index (Phi) is 5.36. The molecule has 18 heavy (non-hydrogen) atoms. The van der Waals surface area contributed by atoms with E-state index in [2.05, 4.69) is 0 Å². The second-order valence-corrected chi connectivity index (χ2v) is 5.43. The molecule has 0 amide bonds. The van der Waals surface area contributed by atoms with Gasteiger partial charge in [0.25, 0.3) is 0 Å². The molecule has 0 aliphatic heterocycles. The highest BCUT2D eigenvalue weighted by molar-refractivity contribution is 7.84. The maximum atomic E-state index is 13.7. The minimum absolute atomic E-state index is 0.0544. The van der Waals surface area contributed by atoms with Gasteiger partial charge in [-0.2, -0.15) is 4.39 Å². The maximum absolute atomic E-state index is 13.7. The number of nitrogens with two attached hydrogens (primary N) is 1. The van der Waals surface area contributed by atoms with Crippen LogP contribution in [0.15, 0.2) is 18.2 Å². The van der Waals surface area contributed by atoms with Gasteiger partial charge in [-0.25, -0.2) is 0 Å². The number of hydrogen-bond donors (Lipinski definition) is 1. The van der Waals surface area contributed by atoms with Crippen LogP contribution in [0.4, 0.5) is 10.1 Å². The fourth-order valence-corrected chi connectivity index (χ4v) is 2.81. The molecule has 0 aromatic heterocycles. The number of rotatable bonds is 6.